The van der Waals surface area contributed by atoms with Gasteiger partial charge >= 0.3 is 11.9 Å². The van der Waals surface area contributed by atoms with Crippen molar-refractivity contribution in [3.63, 3.8) is 0 Å². The molecule has 20 heavy (non-hydrogen) atoms. The van der Waals surface area contributed by atoms with Crippen LogP contribution < -0.4 is 10.6 Å². The van der Waals surface area contributed by atoms with Crippen molar-refractivity contribution < 1.29 is 29.0 Å². The quantitative estimate of drug-likeness (QED) is 0.485. The zero-order chi connectivity index (χ0) is 15.2. The number of rotatable bonds is 8. The molecule has 1 unspecified atom stereocenters. The van der Waals surface area contributed by atoms with Gasteiger partial charge in [-0.15, -0.1) is 0 Å². The highest BCUT2D eigenvalue weighted by Gasteiger charge is 2.33. The zero-order valence-corrected chi connectivity index (χ0v) is 11.6. The van der Waals surface area contributed by atoms with Gasteiger partial charge in [-0.2, -0.15) is 0 Å². The van der Waals surface area contributed by atoms with Crippen LogP contribution in [0.25, 0.3) is 0 Å². The predicted molar refractivity (Wildman–Crippen MR) is 68.0 cm³/mol. The van der Waals surface area contributed by atoms with E-state index in [1.54, 1.807) is 0 Å². The number of aliphatic carboxylic acids is 1. The molecule has 0 aliphatic carbocycles. The fourth-order valence-corrected chi connectivity index (χ4v) is 1.68. The average Bonchev–Trinajstić information content (AvgIpc) is 2.38. The van der Waals surface area contributed by atoms with Gasteiger partial charge in [0.2, 0.25) is 5.91 Å². The van der Waals surface area contributed by atoms with Crippen LogP contribution in [0.4, 0.5) is 0 Å². The second-order valence-electron chi connectivity index (χ2n) is 4.92. The van der Waals surface area contributed by atoms with Gasteiger partial charge in [-0.05, 0) is 13.3 Å². The van der Waals surface area contributed by atoms with E-state index in [0.29, 0.717) is 13.1 Å². The maximum absolute atomic E-state index is 11.6. The van der Waals surface area contributed by atoms with Crippen LogP contribution in [0.15, 0.2) is 0 Å². The molecule has 114 valence electrons. The normalized spacial score (nSPS) is 17.7. The molecule has 0 spiro atoms. The van der Waals surface area contributed by atoms with Gasteiger partial charge < -0.3 is 25.2 Å². The van der Waals surface area contributed by atoms with E-state index in [0.717, 1.165) is 0 Å². The molecule has 1 atom stereocenters. The van der Waals surface area contributed by atoms with Crippen molar-refractivity contribution in [1.82, 2.24) is 10.6 Å². The van der Waals surface area contributed by atoms with E-state index < -0.39 is 23.9 Å². The number of carbonyl (C=O) groups excluding carboxylic acids is 2. The highest BCUT2D eigenvalue weighted by Crippen LogP contribution is 2.14. The van der Waals surface area contributed by atoms with Crippen LogP contribution in [0.1, 0.15) is 19.8 Å². The Morgan fingerprint density at radius 1 is 1.40 bits per heavy atom. The fraction of sp³-hybridized carbons (Fsp3) is 0.750. The molecular weight excluding hydrogens is 268 g/mol. The van der Waals surface area contributed by atoms with Crippen molar-refractivity contribution in [3.8, 4) is 0 Å². The minimum absolute atomic E-state index is 0.0213. The molecule has 0 saturated carbocycles. The standard InChI is InChI=1S/C12H20N2O6/c1-12(6-13-7-12)20-5-9(15)14-8(11(17)18)3-4-10(16)19-2/h8,13H,3-7H2,1-2H3,(H,14,15)(H,17,18). The third-order valence-electron chi connectivity index (χ3n) is 3.05. The van der Waals surface area contributed by atoms with Gasteiger partial charge in [0.25, 0.3) is 0 Å². The number of esters is 1. The first-order valence-corrected chi connectivity index (χ1v) is 6.30. The van der Waals surface area contributed by atoms with E-state index in [-0.39, 0.29) is 25.0 Å². The Hall–Kier alpha value is -1.67. The lowest BCUT2D eigenvalue weighted by Crippen LogP contribution is -2.60. The smallest absolute Gasteiger partial charge is 0.326 e. The first kappa shape index (κ1) is 16.4. The number of ether oxygens (including phenoxy) is 2. The third-order valence-corrected chi connectivity index (χ3v) is 3.05. The van der Waals surface area contributed by atoms with E-state index in [9.17, 15) is 14.4 Å². The molecule has 0 aromatic rings. The first-order valence-electron chi connectivity index (χ1n) is 6.30. The molecule has 1 aliphatic rings. The van der Waals surface area contributed by atoms with Crippen LogP contribution in [0.3, 0.4) is 0 Å². The molecule has 8 heteroatoms. The summed E-state index contributed by atoms with van der Waals surface area (Å²) >= 11 is 0. The summed E-state index contributed by atoms with van der Waals surface area (Å²) in [6, 6.07) is -1.13. The fourth-order valence-electron chi connectivity index (χ4n) is 1.68. The summed E-state index contributed by atoms with van der Waals surface area (Å²) in [6.45, 7) is 2.97. The molecule has 1 saturated heterocycles. The van der Waals surface area contributed by atoms with Crippen molar-refractivity contribution in [3.05, 3.63) is 0 Å². The monoisotopic (exact) mass is 288 g/mol. The summed E-state index contributed by atoms with van der Waals surface area (Å²) in [5.74, 6) is -2.23. The summed E-state index contributed by atoms with van der Waals surface area (Å²) in [5.41, 5.74) is -0.373. The van der Waals surface area contributed by atoms with Crippen LogP contribution in [0.2, 0.25) is 0 Å². The topological polar surface area (TPSA) is 114 Å². The van der Waals surface area contributed by atoms with Crippen molar-refractivity contribution in [2.45, 2.75) is 31.4 Å². The molecule has 1 fully saturated rings. The Balaban J connectivity index is 2.34. The minimum Gasteiger partial charge on any atom is -0.480 e. The largest absolute Gasteiger partial charge is 0.480 e. The van der Waals surface area contributed by atoms with E-state index in [1.807, 2.05) is 6.92 Å². The zero-order valence-electron chi connectivity index (χ0n) is 11.6. The van der Waals surface area contributed by atoms with Gasteiger partial charge in [0.1, 0.15) is 12.6 Å². The van der Waals surface area contributed by atoms with E-state index in [2.05, 4.69) is 15.4 Å². The highest BCUT2D eigenvalue weighted by atomic mass is 16.5. The van der Waals surface area contributed by atoms with Crippen molar-refractivity contribution in [2.75, 3.05) is 26.8 Å². The van der Waals surface area contributed by atoms with Crippen LogP contribution in [0, 0.1) is 0 Å². The Morgan fingerprint density at radius 2 is 2.05 bits per heavy atom. The lowest BCUT2D eigenvalue weighted by atomic mass is 10.0. The van der Waals surface area contributed by atoms with Crippen LogP contribution >= 0.6 is 0 Å². The molecule has 1 heterocycles. The van der Waals surface area contributed by atoms with Crippen LogP contribution in [-0.2, 0) is 23.9 Å². The molecule has 0 aromatic heterocycles. The number of hydrogen-bond donors (Lipinski definition) is 3. The number of carboxylic acids is 1. The Labute approximate surface area is 116 Å². The highest BCUT2D eigenvalue weighted by molar-refractivity contribution is 5.84. The van der Waals surface area contributed by atoms with Gasteiger partial charge in [-0.3, -0.25) is 9.59 Å². The van der Waals surface area contributed by atoms with Gasteiger partial charge in [-0.25, -0.2) is 4.79 Å². The molecule has 0 aromatic carbocycles. The number of amides is 1. The molecule has 3 N–H and O–H groups in total. The number of carbonyl (C=O) groups is 3. The molecule has 0 bridgehead atoms. The van der Waals surface area contributed by atoms with Gasteiger partial charge in [0, 0.05) is 19.5 Å². The maximum atomic E-state index is 11.6. The average molecular weight is 288 g/mol. The summed E-state index contributed by atoms with van der Waals surface area (Å²) in [6.07, 6.45) is -0.0944. The SMILES string of the molecule is COC(=O)CCC(NC(=O)COC1(C)CNC1)C(=O)O. The Bertz CT molecular complexity index is 380. The molecular formula is C12H20N2O6. The Kier molecular flexibility index (Phi) is 5.90. The van der Waals surface area contributed by atoms with Crippen molar-refractivity contribution in [2.24, 2.45) is 0 Å². The molecule has 8 nitrogen and oxygen atoms in total. The third kappa shape index (κ3) is 5.14. The number of carboxylic acid groups (broad SMARTS) is 1. The summed E-state index contributed by atoms with van der Waals surface area (Å²) < 4.78 is 9.82. The maximum Gasteiger partial charge on any atom is 0.326 e. The minimum atomic E-state index is -1.20. The summed E-state index contributed by atoms with van der Waals surface area (Å²) in [7, 11) is 1.22. The number of nitrogens with one attached hydrogen (secondary N) is 2. The van der Waals surface area contributed by atoms with Gasteiger partial charge in [0.15, 0.2) is 0 Å². The number of hydrogen-bond acceptors (Lipinski definition) is 6. The van der Waals surface area contributed by atoms with Crippen molar-refractivity contribution in [1.29, 1.82) is 0 Å². The van der Waals surface area contributed by atoms with Gasteiger partial charge in [-0.1, -0.05) is 0 Å². The van der Waals surface area contributed by atoms with Crippen LogP contribution in [0.5, 0.6) is 0 Å². The van der Waals surface area contributed by atoms with E-state index in [1.165, 1.54) is 7.11 Å². The number of methoxy groups -OCH3 is 1. The molecule has 1 amide bonds. The molecule has 1 aliphatic heterocycles. The van der Waals surface area contributed by atoms with Crippen molar-refractivity contribution >= 4 is 17.8 Å². The second-order valence-corrected chi connectivity index (χ2v) is 4.92. The lowest BCUT2D eigenvalue weighted by molar-refractivity contribution is -0.146. The lowest BCUT2D eigenvalue weighted by Gasteiger charge is -2.38. The molecule has 1 rings (SSSR count). The molecule has 0 radical (unpaired) electrons. The second kappa shape index (κ2) is 7.20. The van der Waals surface area contributed by atoms with E-state index in [4.69, 9.17) is 9.84 Å². The Morgan fingerprint density at radius 3 is 2.50 bits per heavy atom. The first-order chi connectivity index (χ1) is 9.36. The van der Waals surface area contributed by atoms with Crippen LogP contribution in [-0.4, -0.2) is 61.4 Å². The van der Waals surface area contributed by atoms with Gasteiger partial charge in [0.05, 0.1) is 12.7 Å². The summed E-state index contributed by atoms with van der Waals surface area (Å²) in [5, 5.41) is 14.3. The predicted octanol–water partition coefficient (Wildman–Crippen LogP) is -1.11. The summed E-state index contributed by atoms with van der Waals surface area (Å²) in [4.78, 5) is 33.6. The van der Waals surface area contributed by atoms with E-state index >= 15 is 0 Å².